The molecule has 2 aromatic rings. The lowest BCUT2D eigenvalue weighted by Gasteiger charge is -2.33. The van der Waals surface area contributed by atoms with E-state index >= 15 is 0 Å². The second-order valence-corrected chi connectivity index (χ2v) is 6.26. The van der Waals surface area contributed by atoms with Crippen molar-refractivity contribution in [3.05, 3.63) is 70.0 Å². The zero-order valence-electron chi connectivity index (χ0n) is 12.1. The molecule has 2 aromatic carbocycles. The first-order valence-electron chi connectivity index (χ1n) is 7.37. The highest BCUT2D eigenvalue weighted by atomic mass is 35.5. The van der Waals surface area contributed by atoms with E-state index < -0.39 is 0 Å². The smallest absolute Gasteiger partial charge is 0.124 e. The van der Waals surface area contributed by atoms with Gasteiger partial charge in [-0.25, -0.2) is 4.39 Å². The van der Waals surface area contributed by atoms with Crippen LogP contribution in [0.2, 0.25) is 5.02 Å². The first-order chi connectivity index (χ1) is 10.1. The molecule has 1 heterocycles. The van der Waals surface area contributed by atoms with Crippen LogP contribution in [0.4, 0.5) is 4.39 Å². The maximum absolute atomic E-state index is 13.7. The summed E-state index contributed by atoms with van der Waals surface area (Å²) in [6.45, 7) is 3.97. The van der Waals surface area contributed by atoms with Crippen LogP contribution in [0.25, 0.3) is 0 Å². The van der Waals surface area contributed by atoms with Crippen molar-refractivity contribution in [3.63, 3.8) is 0 Å². The summed E-state index contributed by atoms with van der Waals surface area (Å²) in [5.41, 5.74) is 3.57. The number of halogens is 2. The number of benzene rings is 2. The van der Waals surface area contributed by atoms with Gasteiger partial charge in [0, 0.05) is 17.5 Å². The highest BCUT2D eigenvalue weighted by Crippen LogP contribution is 2.38. The number of hydrogen-bond donors (Lipinski definition) is 1. The summed E-state index contributed by atoms with van der Waals surface area (Å²) in [5.74, 6) is 0.415. The van der Waals surface area contributed by atoms with E-state index in [4.69, 9.17) is 11.6 Å². The number of rotatable bonds is 2. The Balaban J connectivity index is 1.95. The van der Waals surface area contributed by atoms with Gasteiger partial charge in [0.15, 0.2) is 0 Å². The number of nitrogens with one attached hydrogen (secondary N) is 1. The van der Waals surface area contributed by atoms with Crippen LogP contribution in [-0.2, 0) is 0 Å². The van der Waals surface area contributed by atoms with Gasteiger partial charge in [0.05, 0.1) is 0 Å². The maximum Gasteiger partial charge on any atom is 0.124 e. The maximum atomic E-state index is 13.7. The van der Waals surface area contributed by atoms with Gasteiger partial charge in [-0.1, -0.05) is 41.4 Å². The zero-order valence-corrected chi connectivity index (χ0v) is 12.8. The second-order valence-electron chi connectivity index (χ2n) is 5.82. The Morgan fingerprint density at radius 2 is 1.81 bits per heavy atom. The molecule has 2 atom stereocenters. The van der Waals surface area contributed by atoms with E-state index in [1.165, 1.54) is 17.2 Å². The molecule has 3 rings (SSSR count). The summed E-state index contributed by atoms with van der Waals surface area (Å²) in [6.07, 6.45) is 0.998. The fraction of sp³-hybridized carbons (Fsp3) is 0.333. The predicted molar refractivity (Wildman–Crippen MR) is 85.6 cm³/mol. The topological polar surface area (TPSA) is 12.0 Å². The highest BCUT2D eigenvalue weighted by Gasteiger charge is 2.28. The summed E-state index contributed by atoms with van der Waals surface area (Å²) < 4.78 is 13.7. The molecular weight excluding hydrogens is 285 g/mol. The summed E-state index contributed by atoms with van der Waals surface area (Å²) in [4.78, 5) is 0. The van der Waals surface area contributed by atoms with E-state index in [-0.39, 0.29) is 5.82 Å². The van der Waals surface area contributed by atoms with Crippen LogP contribution >= 0.6 is 11.6 Å². The van der Waals surface area contributed by atoms with Crippen LogP contribution < -0.4 is 5.32 Å². The van der Waals surface area contributed by atoms with Gasteiger partial charge in [0.1, 0.15) is 5.82 Å². The van der Waals surface area contributed by atoms with Crippen molar-refractivity contribution in [3.8, 4) is 0 Å². The Kier molecular flexibility index (Phi) is 4.27. The molecule has 110 valence electrons. The quantitative estimate of drug-likeness (QED) is 0.851. The Morgan fingerprint density at radius 3 is 2.52 bits per heavy atom. The van der Waals surface area contributed by atoms with Crippen molar-refractivity contribution in [2.24, 2.45) is 0 Å². The SMILES string of the molecule is Cc1ccc(C2CNCCC2c2cc(F)cc(Cl)c2)cc1. The van der Waals surface area contributed by atoms with Crippen molar-refractivity contribution in [1.82, 2.24) is 5.32 Å². The third-order valence-corrected chi connectivity index (χ3v) is 4.52. The van der Waals surface area contributed by atoms with Crippen LogP contribution in [0.5, 0.6) is 0 Å². The van der Waals surface area contributed by atoms with Crippen molar-refractivity contribution >= 4 is 11.6 Å². The average molecular weight is 304 g/mol. The molecule has 0 aliphatic carbocycles. The lowest BCUT2D eigenvalue weighted by atomic mass is 9.77. The van der Waals surface area contributed by atoms with E-state index in [1.807, 2.05) is 6.07 Å². The predicted octanol–water partition coefficient (Wildman–Crippen LogP) is 4.65. The van der Waals surface area contributed by atoms with Gasteiger partial charge in [-0.2, -0.15) is 0 Å². The number of aryl methyl sites for hydroxylation is 1. The Bertz CT molecular complexity index is 603. The lowest BCUT2D eigenvalue weighted by molar-refractivity contribution is 0.403. The molecule has 0 radical (unpaired) electrons. The fourth-order valence-corrected chi connectivity index (χ4v) is 3.44. The second kappa shape index (κ2) is 6.17. The Hall–Kier alpha value is -1.38. The monoisotopic (exact) mass is 303 g/mol. The molecule has 21 heavy (non-hydrogen) atoms. The third kappa shape index (κ3) is 3.28. The van der Waals surface area contributed by atoms with Gasteiger partial charge in [0.2, 0.25) is 0 Å². The first kappa shape index (κ1) is 14.6. The van der Waals surface area contributed by atoms with Crippen LogP contribution in [0.3, 0.4) is 0 Å². The van der Waals surface area contributed by atoms with Crippen LogP contribution in [0, 0.1) is 12.7 Å². The minimum atomic E-state index is -0.251. The van der Waals surface area contributed by atoms with Crippen LogP contribution in [0.1, 0.15) is 34.9 Å². The molecule has 2 unspecified atom stereocenters. The molecule has 3 heteroatoms. The van der Waals surface area contributed by atoms with E-state index in [1.54, 1.807) is 6.07 Å². The summed E-state index contributed by atoms with van der Waals surface area (Å²) in [6, 6.07) is 13.5. The minimum absolute atomic E-state index is 0.251. The van der Waals surface area contributed by atoms with Crippen LogP contribution in [0.15, 0.2) is 42.5 Å². The Morgan fingerprint density at radius 1 is 1.05 bits per heavy atom. The molecule has 1 nitrogen and oxygen atoms in total. The normalized spacial score (nSPS) is 22.2. The van der Waals surface area contributed by atoms with Gasteiger partial charge in [-0.05, 0) is 55.1 Å². The fourth-order valence-electron chi connectivity index (χ4n) is 3.21. The average Bonchev–Trinajstić information content (AvgIpc) is 2.47. The van der Waals surface area contributed by atoms with Gasteiger partial charge in [0.25, 0.3) is 0 Å². The number of piperidine rings is 1. The van der Waals surface area contributed by atoms with Crippen molar-refractivity contribution in [2.45, 2.75) is 25.2 Å². The zero-order chi connectivity index (χ0) is 14.8. The lowest BCUT2D eigenvalue weighted by Crippen LogP contribution is -2.34. The van der Waals surface area contributed by atoms with E-state index in [2.05, 4.69) is 36.5 Å². The summed E-state index contributed by atoms with van der Waals surface area (Å²) >= 11 is 6.03. The molecule has 1 fully saturated rings. The van der Waals surface area contributed by atoms with Crippen molar-refractivity contribution < 1.29 is 4.39 Å². The Labute approximate surface area is 130 Å². The van der Waals surface area contributed by atoms with Gasteiger partial charge in [-0.15, -0.1) is 0 Å². The molecule has 0 spiro atoms. The molecule has 1 saturated heterocycles. The third-order valence-electron chi connectivity index (χ3n) is 4.30. The number of hydrogen-bond acceptors (Lipinski definition) is 1. The first-order valence-corrected chi connectivity index (χ1v) is 7.74. The summed E-state index contributed by atoms with van der Waals surface area (Å²) in [7, 11) is 0. The van der Waals surface area contributed by atoms with Gasteiger partial charge in [-0.3, -0.25) is 0 Å². The molecular formula is C18H19ClFN. The van der Waals surface area contributed by atoms with Crippen molar-refractivity contribution in [1.29, 1.82) is 0 Å². The molecule has 1 aliphatic heterocycles. The molecule has 1 N–H and O–H groups in total. The van der Waals surface area contributed by atoms with Gasteiger partial charge >= 0.3 is 0 Å². The van der Waals surface area contributed by atoms with E-state index in [0.717, 1.165) is 25.1 Å². The highest BCUT2D eigenvalue weighted by molar-refractivity contribution is 6.30. The van der Waals surface area contributed by atoms with E-state index in [0.29, 0.717) is 16.9 Å². The molecule has 0 aromatic heterocycles. The standard InChI is InChI=1S/C18H19ClFN/c1-12-2-4-13(5-3-12)18-11-21-7-6-17(18)14-8-15(19)10-16(20)9-14/h2-5,8-10,17-18,21H,6-7,11H2,1H3. The summed E-state index contributed by atoms with van der Waals surface area (Å²) in [5, 5.41) is 3.93. The largest absolute Gasteiger partial charge is 0.316 e. The molecule has 0 bridgehead atoms. The molecule has 0 amide bonds. The van der Waals surface area contributed by atoms with E-state index in [9.17, 15) is 4.39 Å². The van der Waals surface area contributed by atoms with Crippen LogP contribution in [-0.4, -0.2) is 13.1 Å². The minimum Gasteiger partial charge on any atom is -0.316 e. The molecule has 0 saturated carbocycles. The molecule has 1 aliphatic rings. The van der Waals surface area contributed by atoms with Crippen molar-refractivity contribution in [2.75, 3.05) is 13.1 Å². The van der Waals surface area contributed by atoms with Gasteiger partial charge < -0.3 is 5.32 Å².